The first-order valence-electron chi connectivity index (χ1n) is 8.56. The van der Waals surface area contributed by atoms with Crippen LogP contribution in [0.2, 0.25) is 0 Å². The summed E-state index contributed by atoms with van der Waals surface area (Å²) in [4.78, 5) is 6.99. The highest BCUT2D eigenvalue weighted by atomic mass is 127. The number of aliphatic imine (C=N–C) groups is 1. The minimum atomic E-state index is 0. The van der Waals surface area contributed by atoms with Crippen LogP contribution in [-0.4, -0.2) is 50.8 Å². The average molecular weight is 462 g/mol. The predicted octanol–water partition coefficient (Wildman–Crippen LogP) is 3.17. The summed E-state index contributed by atoms with van der Waals surface area (Å²) in [5.74, 6) is 2.59. The predicted molar refractivity (Wildman–Crippen MR) is 115 cm³/mol. The number of nitrogens with zero attached hydrogens (tertiary/aromatic N) is 2. The summed E-state index contributed by atoms with van der Waals surface area (Å²) in [5, 5.41) is 3.11. The standard InChI is InChI=1S/C18H30N4O2.HI/c1-13-6-5-9-22(12-13)14(2)11-20-18(19)21-16-10-15(23-3)7-8-17(16)24-4;/h7-8,10,13-14H,5-6,9,11-12H2,1-4H3,(H3,19,20,21);1H. The maximum absolute atomic E-state index is 6.05. The molecule has 2 atom stereocenters. The second kappa shape index (κ2) is 10.7. The molecule has 0 radical (unpaired) electrons. The van der Waals surface area contributed by atoms with Crippen molar-refractivity contribution in [3.63, 3.8) is 0 Å². The summed E-state index contributed by atoms with van der Waals surface area (Å²) in [5.41, 5.74) is 6.80. The number of hydrogen-bond donors (Lipinski definition) is 2. The first kappa shape index (κ1) is 21.8. The van der Waals surface area contributed by atoms with Gasteiger partial charge in [-0.2, -0.15) is 0 Å². The molecule has 3 N–H and O–H groups in total. The van der Waals surface area contributed by atoms with Gasteiger partial charge in [-0.1, -0.05) is 6.92 Å². The number of anilines is 1. The summed E-state index contributed by atoms with van der Waals surface area (Å²) in [7, 11) is 3.25. The molecule has 25 heavy (non-hydrogen) atoms. The first-order valence-corrected chi connectivity index (χ1v) is 8.56. The number of guanidine groups is 1. The van der Waals surface area contributed by atoms with E-state index in [0.717, 1.165) is 30.4 Å². The van der Waals surface area contributed by atoms with E-state index in [2.05, 4.69) is 29.1 Å². The Morgan fingerprint density at radius 1 is 1.40 bits per heavy atom. The van der Waals surface area contributed by atoms with Crippen LogP contribution < -0.4 is 20.5 Å². The zero-order chi connectivity index (χ0) is 17.5. The number of piperidine rings is 1. The molecule has 7 heteroatoms. The quantitative estimate of drug-likeness (QED) is 0.386. The Labute approximate surface area is 168 Å². The molecule has 0 aromatic heterocycles. The Bertz CT molecular complexity index is 568. The van der Waals surface area contributed by atoms with E-state index in [9.17, 15) is 0 Å². The molecule has 1 heterocycles. The van der Waals surface area contributed by atoms with Gasteiger partial charge in [0.25, 0.3) is 0 Å². The van der Waals surface area contributed by atoms with Gasteiger partial charge in [-0.3, -0.25) is 9.89 Å². The third-order valence-electron chi connectivity index (χ3n) is 4.51. The van der Waals surface area contributed by atoms with E-state index in [1.54, 1.807) is 14.2 Å². The Hall–Kier alpha value is -1.22. The van der Waals surface area contributed by atoms with Gasteiger partial charge >= 0.3 is 0 Å². The maximum atomic E-state index is 6.05. The van der Waals surface area contributed by atoms with Crippen molar-refractivity contribution in [1.29, 1.82) is 0 Å². The lowest BCUT2D eigenvalue weighted by Gasteiger charge is -2.34. The van der Waals surface area contributed by atoms with Crippen LogP contribution >= 0.6 is 24.0 Å². The highest BCUT2D eigenvalue weighted by molar-refractivity contribution is 14.0. The van der Waals surface area contributed by atoms with E-state index in [1.807, 2.05) is 18.2 Å². The van der Waals surface area contributed by atoms with E-state index >= 15 is 0 Å². The SMILES string of the molecule is COc1ccc(OC)c(NC(N)=NCC(C)N2CCCC(C)C2)c1.I. The number of ether oxygens (including phenoxy) is 2. The molecule has 1 aromatic carbocycles. The molecule has 1 aromatic rings. The van der Waals surface area contributed by atoms with Crippen LogP contribution in [0.25, 0.3) is 0 Å². The van der Waals surface area contributed by atoms with Crippen LogP contribution in [0.15, 0.2) is 23.2 Å². The highest BCUT2D eigenvalue weighted by Gasteiger charge is 2.20. The molecular formula is C18H31IN4O2. The van der Waals surface area contributed by atoms with Crippen LogP contribution in [-0.2, 0) is 0 Å². The smallest absolute Gasteiger partial charge is 0.193 e. The highest BCUT2D eigenvalue weighted by Crippen LogP contribution is 2.28. The number of halogens is 1. The van der Waals surface area contributed by atoms with Crippen molar-refractivity contribution in [2.75, 3.05) is 39.2 Å². The molecule has 0 bridgehead atoms. The van der Waals surface area contributed by atoms with Gasteiger partial charge in [0.15, 0.2) is 5.96 Å². The Balaban J connectivity index is 0.00000312. The fraction of sp³-hybridized carbons (Fsp3) is 0.611. The van der Waals surface area contributed by atoms with E-state index in [4.69, 9.17) is 15.2 Å². The van der Waals surface area contributed by atoms with Crippen LogP contribution in [0.4, 0.5) is 5.69 Å². The van der Waals surface area contributed by atoms with Crippen LogP contribution in [0.3, 0.4) is 0 Å². The first-order chi connectivity index (χ1) is 11.5. The zero-order valence-corrected chi connectivity index (χ0v) is 17.9. The average Bonchev–Trinajstić information content (AvgIpc) is 2.59. The fourth-order valence-electron chi connectivity index (χ4n) is 3.06. The van der Waals surface area contributed by atoms with Gasteiger partial charge in [-0.15, -0.1) is 24.0 Å². The second-order valence-electron chi connectivity index (χ2n) is 6.51. The van der Waals surface area contributed by atoms with Gasteiger partial charge < -0.3 is 20.5 Å². The molecule has 0 spiro atoms. The number of rotatable bonds is 6. The summed E-state index contributed by atoms with van der Waals surface area (Å²) in [6.07, 6.45) is 2.59. The van der Waals surface area contributed by atoms with Gasteiger partial charge in [0.05, 0.1) is 26.5 Å². The van der Waals surface area contributed by atoms with Crippen molar-refractivity contribution in [3.05, 3.63) is 18.2 Å². The zero-order valence-electron chi connectivity index (χ0n) is 15.6. The molecule has 1 aliphatic heterocycles. The Morgan fingerprint density at radius 2 is 2.16 bits per heavy atom. The molecule has 2 unspecified atom stereocenters. The topological polar surface area (TPSA) is 72.1 Å². The van der Waals surface area contributed by atoms with Crippen molar-refractivity contribution in [2.24, 2.45) is 16.6 Å². The number of benzene rings is 1. The second-order valence-corrected chi connectivity index (χ2v) is 6.51. The number of methoxy groups -OCH3 is 2. The van der Waals surface area contributed by atoms with Crippen LogP contribution in [0.5, 0.6) is 11.5 Å². The Morgan fingerprint density at radius 3 is 2.80 bits per heavy atom. The fourth-order valence-corrected chi connectivity index (χ4v) is 3.06. The van der Waals surface area contributed by atoms with Crippen LogP contribution in [0.1, 0.15) is 26.7 Å². The molecule has 1 aliphatic rings. The monoisotopic (exact) mass is 462 g/mol. The third-order valence-corrected chi connectivity index (χ3v) is 4.51. The lowest BCUT2D eigenvalue weighted by atomic mass is 9.99. The van der Waals surface area contributed by atoms with Gasteiger partial charge in [0.2, 0.25) is 0 Å². The van der Waals surface area contributed by atoms with Crippen molar-refractivity contribution in [1.82, 2.24) is 4.90 Å². The summed E-state index contributed by atoms with van der Waals surface area (Å²) >= 11 is 0. The molecular weight excluding hydrogens is 431 g/mol. The maximum Gasteiger partial charge on any atom is 0.193 e. The van der Waals surface area contributed by atoms with Gasteiger partial charge in [0, 0.05) is 18.7 Å². The van der Waals surface area contributed by atoms with E-state index in [-0.39, 0.29) is 24.0 Å². The summed E-state index contributed by atoms with van der Waals surface area (Å²) < 4.78 is 10.6. The van der Waals surface area contributed by atoms with Gasteiger partial charge in [0.1, 0.15) is 11.5 Å². The third kappa shape index (κ3) is 6.54. The molecule has 142 valence electrons. The molecule has 2 rings (SSSR count). The van der Waals surface area contributed by atoms with Crippen molar-refractivity contribution < 1.29 is 9.47 Å². The Kier molecular flexibility index (Phi) is 9.34. The lowest BCUT2D eigenvalue weighted by Crippen LogP contribution is -2.42. The number of nitrogens with two attached hydrogens (primary N) is 1. The number of hydrogen-bond acceptors (Lipinski definition) is 4. The van der Waals surface area contributed by atoms with E-state index in [1.165, 1.54) is 12.8 Å². The van der Waals surface area contributed by atoms with Gasteiger partial charge in [-0.25, -0.2) is 0 Å². The van der Waals surface area contributed by atoms with E-state index < -0.39 is 0 Å². The summed E-state index contributed by atoms with van der Waals surface area (Å²) in [6.45, 7) is 7.50. The molecule has 1 saturated heterocycles. The van der Waals surface area contributed by atoms with Crippen molar-refractivity contribution in [3.8, 4) is 11.5 Å². The minimum Gasteiger partial charge on any atom is -0.497 e. The normalized spacial score (nSPS) is 19.7. The largest absolute Gasteiger partial charge is 0.497 e. The molecule has 1 fully saturated rings. The molecule has 0 amide bonds. The molecule has 0 saturated carbocycles. The van der Waals surface area contributed by atoms with Crippen LogP contribution in [0, 0.1) is 5.92 Å². The van der Waals surface area contributed by atoms with Crippen molar-refractivity contribution in [2.45, 2.75) is 32.7 Å². The number of likely N-dealkylation sites (tertiary alicyclic amines) is 1. The number of nitrogens with one attached hydrogen (secondary N) is 1. The van der Waals surface area contributed by atoms with Crippen molar-refractivity contribution >= 4 is 35.6 Å². The van der Waals surface area contributed by atoms with Gasteiger partial charge in [-0.05, 0) is 44.4 Å². The molecule has 0 aliphatic carbocycles. The van der Waals surface area contributed by atoms with E-state index in [0.29, 0.717) is 24.3 Å². The lowest BCUT2D eigenvalue weighted by molar-refractivity contribution is 0.142. The molecule has 6 nitrogen and oxygen atoms in total. The summed E-state index contributed by atoms with van der Waals surface area (Å²) in [6, 6.07) is 5.92. The minimum absolute atomic E-state index is 0.